The quantitative estimate of drug-likeness (QED) is 0.186. The second-order valence-corrected chi connectivity index (χ2v) is 8.33. The molecule has 0 fully saturated rings. The number of alkyl halides is 17. The predicted molar refractivity (Wildman–Crippen MR) is 97.4 cm³/mol. The van der Waals surface area contributed by atoms with Gasteiger partial charge in [-0.15, -0.1) is 0 Å². The van der Waals surface area contributed by atoms with Crippen LogP contribution in [0.2, 0.25) is 0 Å². The molecule has 0 aromatic heterocycles. The van der Waals surface area contributed by atoms with Gasteiger partial charge in [-0.2, -0.15) is 74.6 Å². The Morgan fingerprint density at radius 3 is 1.27 bits per heavy atom. The summed E-state index contributed by atoms with van der Waals surface area (Å²) in [6.45, 7) is 0.438. The SMILES string of the molecule is COC(=O)c1ccc(C(C)(CC(F)(F)C(F)(F)C(F)(F)C(F)(F)C(F)(F)C(F)(F)C(F)(F)C(F)(F)F)OC)cc1. The average Bonchev–Trinajstić information content (AvgIpc) is 2.81. The Balaban J connectivity index is 3.63. The molecule has 0 saturated carbocycles. The molecule has 232 valence electrons. The molecule has 0 bridgehead atoms. The van der Waals surface area contributed by atoms with E-state index >= 15 is 0 Å². The first-order valence-electron chi connectivity index (χ1n) is 9.92. The van der Waals surface area contributed by atoms with Crippen LogP contribution in [-0.4, -0.2) is 67.8 Å². The zero-order chi connectivity index (χ0) is 32.2. The molecule has 0 heterocycles. The Bertz CT molecular complexity index is 1060. The number of methoxy groups -OCH3 is 2. The predicted octanol–water partition coefficient (Wildman–Crippen LogP) is 7.73. The van der Waals surface area contributed by atoms with Gasteiger partial charge in [0.15, 0.2) is 0 Å². The summed E-state index contributed by atoms with van der Waals surface area (Å²) in [6, 6.07) is 2.96. The van der Waals surface area contributed by atoms with Gasteiger partial charge < -0.3 is 9.47 Å². The van der Waals surface area contributed by atoms with Crippen molar-refractivity contribution in [3.63, 3.8) is 0 Å². The van der Waals surface area contributed by atoms with E-state index in [9.17, 15) is 79.4 Å². The summed E-state index contributed by atoms with van der Waals surface area (Å²) in [4.78, 5) is 11.4. The molecule has 1 rings (SSSR count). The Morgan fingerprint density at radius 1 is 0.600 bits per heavy atom. The standard InChI is InChI=1S/C20H15F17O3/c1-12(40-3,10-6-4-9(5-7-10)11(38)39-2)8-13(21,22)14(23,24)15(25,26)16(27,28)17(29,30)18(31,32)19(33,34)20(35,36)37/h4-7H,8H2,1-3H3. The maximum atomic E-state index is 14.5. The highest BCUT2D eigenvalue weighted by molar-refractivity contribution is 5.89. The molecule has 0 N–H and O–H groups in total. The molecule has 1 aromatic carbocycles. The second-order valence-electron chi connectivity index (χ2n) is 8.33. The summed E-state index contributed by atoms with van der Waals surface area (Å²) < 4.78 is 238. The molecular weight excluding hydrogens is 611 g/mol. The summed E-state index contributed by atoms with van der Waals surface area (Å²) in [5.41, 5.74) is -3.90. The van der Waals surface area contributed by atoms with Gasteiger partial charge in [-0.3, -0.25) is 0 Å². The third-order valence-electron chi connectivity index (χ3n) is 5.71. The fourth-order valence-corrected chi connectivity index (χ4v) is 3.10. The van der Waals surface area contributed by atoms with Gasteiger partial charge in [-0.1, -0.05) is 12.1 Å². The molecule has 0 amide bonds. The van der Waals surface area contributed by atoms with E-state index in [4.69, 9.17) is 0 Å². The van der Waals surface area contributed by atoms with E-state index < -0.39 is 71.2 Å². The molecule has 20 heteroatoms. The summed E-state index contributed by atoms with van der Waals surface area (Å²) >= 11 is 0. The second kappa shape index (κ2) is 10.1. The number of hydrogen-bond acceptors (Lipinski definition) is 3. The number of ether oxygens (including phenoxy) is 2. The number of hydrogen-bond donors (Lipinski definition) is 0. The van der Waals surface area contributed by atoms with E-state index in [2.05, 4.69) is 9.47 Å². The van der Waals surface area contributed by atoms with E-state index in [0.29, 0.717) is 26.2 Å². The van der Waals surface area contributed by atoms with Crippen LogP contribution >= 0.6 is 0 Å². The lowest BCUT2D eigenvalue weighted by molar-refractivity contribution is -0.462. The van der Waals surface area contributed by atoms with Gasteiger partial charge in [0.05, 0.1) is 24.7 Å². The maximum Gasteiger partial charge on any atom is 0.460 e. The molecule has 3 nitrogen and oxygen atoms in total. The van der Waals surface area contributed by atoms with Crippen molar-refractivity contribution in [1.82, 2.24) is 0 Å². The Morgan fingerprint density at radius 2 is 0.950 bits per heavy atom. The fraction of sp³-hybridized carbons (Fsp3) is 0.650. The van der Waals surface area contributed by atoms with Crippen molar-refractivity contribution >= 4 is 5.97 Å². The highest BCUT2D eigenvalue weighted by Gasteiger charge is 2.95. The van der Waals surface area contributed by atoms with Gasteiger partial charge >= 0.3 is 53.6 Å². The van der Waals surface area contributed by atoms with Crippen molar-refractivity contribution in [1.29, 1.82) is 0 Å². The first-order chi connectivity index (χ1) is 17.5. The minimum atomic E-state index is -8.70. The van der Waals surface area contributed by atoms with Crippen LogP contribution in [0, 0.1) is 0 Å². The summed E-state index contributed by atoms with van der Waals surface area (Å²) in [5, 5.41) is 0. The van der Waals surface area contributed by atoms with E-state index in [-0.39, 0.29) is 5.56 Å². The lowest BCUT2D eigenvalue weighted by Crippen LogP contribution is -2.74. The van der Waals surface area contributed by atoms with Crippen LogP contribution in [0.3, 0.4) is 0 Å². The van der Waals surface area contributed by atoms with Gasteiger partial charge in [0.2, 0.25) is 0 Å². The van der Waals surface area contributed by atoms with Gasteiger partial charge in [-0.25, -0.2) is 4.79 Å². The molecule has 1 aromatic rings. The van der Waals surface area contributed by atoms with Gasteiger partial charge in [0, 0.05) is 7.11 Å². The van der Waals surface area contributed by atoms with Crippen molar-refractivity contribution in [2.24, 2.45) is 0 Å². The monoisotopic (exact) mass is 626 g/mol. The fourth-order valence-electron chi connectivity index (χ4n) is 3.10. The van der Waals surface area contributed by atoms with E-state index in [1.807, 2.05) is 0 Å². The third-order valence-corrected chi connectivity index (χ3v) is 5.71. The number of esters is 1. The molecule has 0 radical (unpaired) electrons. The zero-order valence-corrected chi connectivity index (χ0v) is 19.7. The van der Waals surface area contributed by atoms with Crippen LogP contribution in [-0.2, 0) is 15.1 Å². The van der Waals surface area contributed by atoms with Crippen molar-refractivity contribution < 1.29 is 88.9 Å². The summed E-state index contributed by atoms with van der Waals surface area (Å²) in [7, 11) is 1.38. The maximum absolute atomic E-state index is 14.5. The van der Waals surface area contributed by atoms with E-state index in [1.54, 1.807) is 0 Å². The van der Waals surface area contributed by atoms with Gasteiger partial charge in [0.1, 0.15) is 0 Å². The number of halogens is 17. The molecular formula is C20H15F17O3. The molecule has 40 heavy (non-hydrogen) atoms. The highest BCUT2D eigenvalue weighted by Crippen LogP contribution is 2.64. The molecule has 0 spiro atoms. The smallest absolute Gasteiger partial charge is 0.460 e. The first-order valence-corrected chi connectivity index (χ1v) is 9.92. The number of rotatable bonds is 11. The summed E-state index contributed by atoms with van der Waals surface area (Å²) in [5.74, 6) is -58.1. The van der Waals surface area contributed by atoms with Crippen molar-refractivity contribution in [2.45, 2.75) is 66.6 Å². The largest absolute Gasteiger partial charge is 0.465 e. The van der Waals surface area contributed by atoms with E-state index in [1.165, 1.54) is 0 Å². The lowest BCUT2D eigenvalue weighted by atomic mass is 9.83. The number of carbonyl (C=O) groups excluding carboxylic acids is 1. The molecule has 0 aliphatic heterocycles. The minimum absolute atomic E-state index is 0.299. The molecule has 1 atom stereocenters. The summed E-state index contributed by atoms with van der Waals surface area (Å²) in [6.07, 6.45) is -10.6. The zero-order valence-electron chi connectivity index (χ0n) is 19.7. The number of carbonyl (C=O) groups is 1. The average molecular weight is 626 g/mol. The Kier molecular flexibility index (Phi) is 8.94. The van der Waals surface area contributed by atoms with Crippen LogP contribution in [0.15, 0.2) is 24.3 Å². The molecule has 1 unspecified atom stereocenters. The van der Waals surface area contributed by atoms with Gasteiger partial charge in [0.25, 0.3) is 0 Å². The highest BCUT2D eigenvalue weighted by atomic mass is 19.4. The molecule has 0 aliphatic carbocycles. The lowest BCUT2D eigenvalue weighted by Gasteiger charge is -2.44. The molecule has 0 saturated heterocycles. The topological polar surface area (TPSA) is 35.5 Å². The van der Waals surface area contributed by atoms with Crippen LogP contribution in [0.5, 0.6) is 0 Å². The van der Waals surface area contributed by atoms with Crippen LogP contribution < -0.4 is 0 Å². The minimum Gasteiger partial charge on any atom is -0.465 e. The van der Waals surface area contributed by atoms with Crippen molar-refractivity contribution in [2.75, 3.05) is 14.2 Å². The van der Waals surface area contributed by atoms with Gasteiger partial charge in [-0.05, 0) is 24.6 Å². The first kappa shape index (κ1) is 35.5. The molecule has 0 aliphatic rings. The Hall–Kier alpha value is -2.54. The van der Waals surface area contributed by atoms with E-state index in [0.717, 1.165) is 19.2 Å². The Labute approximate surface area is 212 Å². The van der Waals surface area contributed by atoms with Crippen molar-refractivity contribution in [3.05, 3.63) is 35.4 Å². The van der Waals surface area contributed by atoms with Crippen LogP contribution in [0.1, 0.15) is 29.3 Å². The number of benzene rings is 1. The van der Waals surface area contributed by atoms with Crippen molar-refractivity contribution in [3.8, 4) is 0 Å². The normalized spacial score (nSPS) is 16.5. The third kappa shape index (κ3) is 5.03. The van der Waals surface area contributed by atoms with Crippen LogP contribution in [0.4, 0.5) is 74.6 Å². The van der Waals surface area contributed by atoms with Crippen LogP contribution in [0.25, 0.3) is 0 Å².